The molecule has 0 amide bonds. The zero-order chi connectivity index (χ0) is 8.60. The van der Waals surface area contributed by atoms with Crippen LogP contribution in [0.5, 0.6) is 0 Å². The minimum Gasteiger partial charge on any atom is -0.349 e. The van der Waals surface area contributed by atoms with Gasteiger partial charge in [-0.25, -0.2) is 0 Å². The van der Waals surface area contributed by atoms with E-state index in [0.29, 0.717) is 12.9 Å². The third-order valence-electron chi connectivity index (χ3n) is 3.07. The summed E-state index contributed by atoms with van der Waals surface area (Å²) in [5, 5.41) is 3.21. The highest BCUT2D eigenvalue weighted by Gasteiger charge is 2.49. The first kappa shape index (κ1) is 8.48. The SMILES string of the molecule is CNC[C@H]1C[C@H]2OCO[C@@]2(C)C1. The zero-order valence-electron chi connectivity index (χ0n) is 7.80. The molecule has 0 aromatic heterocycles. The van der Waals surface area contributed by atoms with Crippen molar-refractivity contribution in [1.82, 2.24) is 5.32 Å². The number of rotatable bonds is 2. The van der Waals surface area contributed by atoms with Crippen molar-refractivity contribution in [2.75, 3.05) is 20.4 Å². The van der Waals surface area contributed by atoms with Crippen LogP contribution >= 0.6 is 0 Å². The quantitative estimate of drug-likeness (QED) is 0.665. The molecule has 0 aromatic rings. The van der Waals surface area contributed by atoms with Gasteiger partial charge in [-0.1, -0.05) is 0 Å². The van der Waals surface area contributed by atoms with Gasteiger partial charge in [-0.2, -0.15) is 0 Å². The Morgan fingerprint density at radius 1 is 1.58 bits per heavy atom. The van der Waals surface area contributed by atoms with Crippen molar-refractivity contribution in [2.45, 2.75) is 31.5 Å². The molecule has 0 radical (unpaired) electrons. The van der Waals surface area contributed by atoms with Crippen molar-refractivity contribution in [1.29, 1.82) is 0 Å². The van der Waals surface area contributed by atoms with Gasteiger partial charge >= 0.3 is 0 Å². The Morgan fingerprint density at radius 2 is 2.42 bits per heavy atom. The fraction of sp³-hybridized carbons (Fsp3) is 1.00. The largest absolute Gasteiger partial charge is 0.349 e. The van der Waals surface area contributed by atoms with Crippen molar-refractivity contribution >= 4 is 0 Å². The van der Waals surface area contributed by atoms with Gasteiger partial charge in [-0.05, 0) is 39.3 Å². The summed E-state index contributed by atoms with van der Waals surface area (Å²) in [6, 6.07) is 0. The molecule has 2 rings (SSSR count). The van der Waals surface area contributed by atoms with Crippen LogP contribution in [0.3, 0.4) is 0 Å². The summed E-state index contributed by atoms with van der Waals surface area (Å²) >= 11 is 0. The molecule has 0 spiro atoms. The Kier molecular flexibility index (Phi) is 2.10. The fourth-order valence-corrected chi connectivity index (χ4v) is 2.43. The smallest absolute Gasteiger partial charge is 0.148 e. The first-order valence-corrected chi connectivity index (χ1v) is 4.65. The number of nitrogens with one attached hydrogen (secondary N) is 1. The molecule has 1 saturated carbocycles. The van der Waals surface area contributed by atoms with Crippen LogP contribution in [-0.2, 0) is 9.47 Å². The molecule has 70 valence electrons. The Labute approximate surface area is 73.4 Å². The van der Waals surface area contributed by atoms with Crippen molar-refractivity contribution in [2.24, 2.45) is 5.92 Å². The van der Waals surface area contributed by atoms with E-state index in [1.165, 1.54) is 0 Å². The Bertz CT molecular complexity index is 174. The molecule has 2 aliphatic rings. The summed E-state index contributed by atoms with van der Waals surface area (Å²) in [7, 11) is 2.00. The molecule has 3 nitrogen and oxygen atoms in total. The van der Waals surface area contributed by atoms with Crippen LogP contribution in [0.1, 0.15) is 19.8 Å². The van der Waals surface area contributed by atoms with Crippen molar-refractivity contribution in [3.63, 3.8) is 0 Å². The first-order chi connectivity index (χ1) is 5.74. The summed E-state index contributed by atoms with van der Waals surface area (Å²) in [5.74, 6) is 0.727. The van der Waals surface area contributed by atoms with Crippen LogP contribution in [0.25, 0.3) is 0 Å². The van der Waals surface area contributed by atoms with Crippen LogP contribution in [-0.4, -0.2) is 32.1 Å². The average Bonchev–Trinajstić information content (AvgIpc) is 2.43. The highest BCUT2D eigenvalue weighted by molar-refractivity contribution is 4.98. The standard InChI is InChI=1S/C9H17NO2/c1-9-4-7(5-10-2)3-8(9)11-6-12-9/h7-8,10H,3-6H2,1-2H3/t7-,8+,9-/m0/s1. The Hall–Kier alpha value is -0.120. The molecule has 1 saturated heterocycles. The van der Waals surface area contributed by atoms with E-state index >= 15 is 0 Å². The van der Waals surface area contributed by atoms with Gasteiger partial charge in [-0.3, -0.25) is 0 Å². The average molecular weight is 171 g/mol. The normalized spacial score (nSPS) is 46.5. The summed E-state index contributed by atoms with van der Waals surface area (Å²) in [5.41, 5.74) is 0.0154. The van der Waals surface area contributed by atoms with Gasteiger partial charge in [0.25, 0.3) is 0 Å². The van der Waals surface area contributed by atoms with Crippen LogP contribution in [0.15, 0.2) is 0 Å². The minimum absolute atomic E-state index is 0.0154. The van der Waals surface area contributed by atoms with E-state index in [9.17, 15) is 0 Å². The van der Waals surface area contributed by atoms with E-state index in [0.717, 1.165) is 25.3 Å². The molecule has 0 bridgehead atoms. The van der Waals surface area contributed by atoms with Crippen molar-refractivity contribution in [3.05, 3.63) is 0 Å². The molecule has 0 unspecified atom stereocenters. The minimum atomic E-state index is 0.0154. The lowest BCUT2D eigenvalue weighted by Crippen LogP contribution is -2.30. The molecule has 1 N–H and O–H groups in total. The van der Waals surface area contributed by atoms with Crippen LogP contribution in [0, 0.1) is 5.92 Å². The van der Waals surface area contributed by atoms with Gasteiger partial charge in [0.1, 0.15) is 6.79 Å². The number of fused-ring (bicyclic) bond motifs is 1. The van der Waals surface area contributed by atoms with Gasteiger partial charge < -0.3 is 14.8 Å². The van der Waals surface area contributed by atoms with E-state index in [2.05, 4.69) is 12.2 Å². The highest BCUT2D eigenvalue weighted by atomic mass is 16.7. The fourth-order valence-electron chi connectivity index (χ4n) is 2.43. The van der Waals surface area contributed by atoms with E-state index in [-0.39, 0.29) is 5.60 Å². The Morgan fingerprint density at radius 3 is 3.08 bits per heavy atom. The third-order valence-corrected chi connectivity index (χ3v) is 3.07. The first-order valence-electron chi connectivity index (χ1n) is 4.65. The molecule has 3 atom stereocenters. The lowest BCUT2D eigenvalue weighted by atomic mass is 10.0. The lowest BCUT2D eigenvalue weighted by Gasteiger charge is -2.20. The number of hydrogen-bond acceptors (Lipinski definition) is 3. The second-order valence-corrected chi connectivity index (χ2v) is 4.09. The molecule has 0 aromatic carbocycles. The lowest BCUT2D eigenvalue weighted by molar-refractivity contribution is -0.00789. The summed E-state index contributed by atoms with van der Waals surface area (Å²) in [6.07, 6.45) is 2.63. The second-order valence-electron chi connectivity index (χ2n) is 4.09. The van der Waals surface area contributed by atoms with Gasteiger partial charge in [0.2, 0.25) is 0 Å². The van der Waals surface area contributed by atoms with Crippen LogP contribution in [0.4, 0.5) is 0 Å². The molecule has 1 aliphatic carbocycles. The molecule has 1 aliphatic heterocycles. The Balaban J connectivity index is 1.96. The predicted octanol–water partition coefficient (Wildman–Crippen LogP) is 0.747. The summed E-state index contributed by atoms with van der Waals surface area (Å²) < 4.78 is 11.1. The maximum absolute atomic E-state index is 5.59. The molecule has 2 fully saturated rings. The van der Waals surface area contributed by atoms with Gasteiger partial charge in [-0.15, -0.1) is 0 Å². The monoisotopic (exact) mass is 171 g/mol. The van der Waals surface area contributed by atoms with Crippen molar-refractivity contribution < 1.29 is 9.47 Å². The highest BCUT2D eigenvalue weighted by Crippen LogP contribution is 2.42. The van der Waals surface area contributed by atoms with Crippen LogP contribution < -0.4 is 5.32 Å². The number of hydrogen-bond donors (Lipinski definition) is 1. The molecular formula is C9H17NO2. The van der Waals surface area contributed by atoms with E-state index in [4.69, 9.17) is 9.47 Å². The van der Waals surface area contributed by atoms with Gasteiger partial charge in [0, 0.05) is 0 Å². The maximum Gasteiger partial charge on any atom is 0.148 e. The maximum atomic E-state index is 5.59. The van der Waals surface area contributed by atoms with Crippen LogP contribution in [0.2, 0.25) is 0 Å². The van der Waals surface area contributed by atoms with E-state index in [1.54, 1.807) is 0 Å². The molecule has 12 heavy (non-hydrogen) atoms. The number of ether oxygens (including phenoxy) is 2. The summed E-state index contributed by atoms with van der Waals surface area (Å²) in [4.78, 5) is 0. The van der Waals surface area contributed by atoms with Gasteiger partial charge in [0.05, 0.1) is 11.7 Å². The second kappa shape index (κ2) is 2.98. The van der Waals surface area contributed by atoms with E-state index < -0.39 is 0 Å². The summed E-state index contributed by atoms with van der Waals surface area (Å²) in [6.45, 7) is 3.74. The van der Waals surface area contributed by atoms with E-state index in [1.807, 2.05) is 7.05 Å². The van der Waals surface area contributed by atoms with Gasteiger partial charge in [0.15, 0.2) is 0 Å². The molecular weight excluding hydrogens is 154 g/mol. The van der Waals surface area contributed by atoms with Crippen molar-refractivity contribution in [3.8, 4) is 0 Å². The topological polar surface area (TPSA) is 30.5 Å². The third kappa shape index (κ3) is 1.26. The zero-order valence-corrected chi connectivity index (χ0v) is 7.80. The molecule has 3 heteroatoms. The predicted molar refractivity (Wildman–Crippen MR) is 45.9 cm³/mol. The molecule has 1 heterocycles.